The minimum Gasteiger partial charge on any atom is -0.339 e. The van der Waals surface area contributed by atoms with E-state index in [1.165, 1.54) is 5.82 Å². The maximum Gasteiger partial charge on any atom is 0.354 e. The Morgan fingerprint density at radius 3 is 2.00 bits per heavy atom. The van der Waals surface area contributed by atoms with Gasteiger partial charge in [-0.25, -0.2) is 0 Å². The molecule has 0 aromatic carbocycles. The molecule has 0 heterocycles. The molecule has 0 saturated heterocycles. The topological polar surface area (TPSA) is 55.8 Å². The SMILES string of the molecule is CCOP(=O)(/C=C/C=C(/C)C(=O)N(CC)CC)OCC. The number of carbonyl (C=O) groups excluding carboxylic acids is 1. The van der Waals surface area contributed by atoms with Crippen molar-refractivity contribution in [3.05, 3.63) is 23.5 Å². The Morgan fingerprint density at radius 1 is 1.10 bits per heavy atom. The van der Waals surface area contributed by atoms with Crippen LogP contribution in [0.15, 0.2) is 23.5 Å². The summed E-state index contributed by atoms with van der Waals surface area (Å²) >= 11 is 0. The highest BCUT2D eigenvalue weighted by Gasteiger charge is 2.18. The molecule has 0 N–H and O–H groups in total. The van der Waals surface area contributed by atoms with Gasteiger partial charge < -0.3 is 13.9 Å². The van der Waals surface area contributed by atoms with E-state index in [4.69, 9.17) is 9.05 Å². The molecule has 0 aromatic rings. The van der Waals surface area contributed by atoms with E-state index in [2.05, 4.69) is 0 Å². The molecule has 0 saturated carbocycles. The number of rotatable bonds is 9. The van der Waals surface area contributed by atoms with E-state index in [-0.39, 0.29) is 5.91 Å². The van der Waals surface area contributed by atoms with E-state index in [0.29, 0.717) is 31.9 Å². The highest BCUT2D eigenvalue weighted by Crippen LogP contribution is 2.49. The van der Waals surface area contributed by atoms with E-state index in [9.17, 15) is 9.36 Å². The number of hydrogen-bond acceptors (Lipinski definition) is 4. The average molecular weight is 303 g/mol. The summed E-state index contributed by atoms with van der Waals surface area (Å²) in [6, 6.07) is 0. The lowest BCUT2D eigenvalue weighted by Gasteiger charge is -2.18. The summed E-state index contributed by atoms with van der Waals surface area (Å²) in [5, 5.41) is 0. The van der Waals surface area contributed by atoms with Crippen molar-refractivity contribution in [1.29, 1.82) is 0 Å². The van der Waals surface area contributed by atoms with Crippen LogP contribution in [0.2, 0.25) is 0 Å². The van der Waals surface area contributed by atoms with Gasteiger partial charge >= 0.3 is 7.60 Å². The molecule has 20 heavy (non-hydrogen) atoms. The van der Waals surface area contributed by atoms with Crippen molar-refractivity contribution in [2.75, 3.05) is 26.3 Å². The summed E-state index contributed by atoms with van der Waals surface area (Å²) in [6.45, 7) is 11.1. The van der Waals surface area contributed by atoms with Gasteiger partial charge in [0.25, 0.3) is 0 Å². The van der Waals surface area contributed by atoms with Crippen molar-refractivity contribution >= 4 is 13.5 Å². The fraction of sp³-hybridized carbons (Fsp3) is 0.643. The van der Waals surface area contributed by atoms with Gasteiger partial charge in [0.1, 0.15) is 0 Å². The third-order valence-electron chi connectivity index (χ3n) is 2.62. The van der Waals surface area contributed by atoms with Crippen molar-refractivity contribution < 1.29 is 18.4 Å². The Hall–Kier alpha value is -0.900. The first kappa shape index (κ1) is 19.1. The second-order valence-electron chi connectivity index (χ2n) is 4.04. The second-order valence-corrected chi connectivity index (χ2v) is 5.94. The van der Waals surface area contributed by atoms with Crippen LogP contribution in [0.25, 0.3) is 0 Å². The predicted octanol–water partition coefficient (Wildman–Crippen LogP) is 3.58. The van der Waals surface area contributed by atoms with Crippen LogP contribution in [0.5, 0.6) is 0 Å². The van der Waals surface area contributed by atoms with Crippen molar-refractivity contribution in [3.63, 3.8) is 0 Å². The third-order valence-corrected chi connectivity index (χ3v) is 4.39. The fourth-order valence-electron chi connectivity index (χ4n) is 1.61. The molecule has 1 amide bonds. The minimum atomic E-state index is -3.19. The van der Waals surface area contributed by atoms with Crippen molar-refractivity contribution in [2.45, 2.75) is 34.6 Å². The Kier molecular flexibility index (Phi) is 9.47. The van der Waals surface area contributed by atoms with Gasteiger partial charge in [0, 0.05) is 24.5 Å². The monoisotopic (exact) mass is 303 g/mol. The first-order valence-corrected chi connectivity index (χ1v) is 8.59. The van der Waals surface area contributed by atoms with Gasteiger partial charge in [-0.2, -0.15) is 0 Å². The first-order chi connectivity index (χ1) is 9.44. The predicted molar refractivity (Wildman–Crippen MR) is 81.7 cm³/mol. The highest BCUT2D eigenvalue weighted by molar-refractivity contribution is 7.57. The number of carbonyl (C=O) groups is 1. The normalized spacial score (nSPS) is 12.9. The van der Waals surface area contributed by atoms with Gasteiger partial charge in [-0.15, -0.1) is 0 Å². The molecule has 5 nitrogen and oxygen atoms in total. The molecule has 0 radical (unpaired) electrons. The molecule has 6 heteroatoms. The molecule has 0 atom stereocenters. The van der Waals surface area contributed by atoms with E-state index in [1.54, 1.807) is 37.8 Å². The molecular weight excluding hydrogens is 277 g/mol. The summed E-state index contributed by atoms with van der Waals surface area (Å²) in [7, 11) is -3.19. The van der Waals surface area contributed by atoms with E-state index < -0.39 is 7.60 Å². The molecule has 0 aliphatic carbocycles. The molecule has 0 bridgehead atoms. The Bertz CT molecular complexity index is 390. The minimum absolute atomic E-state index is 0.0256. The third kappa shape index (κ3) is 6.51. The van der Waals surface area contributed by atoms with Crippen molar-refractivity contribution in [3.8, 4) is 0 Å². The number of nitrogens with zero attached hydrogens (tertiary/aromatic N) is 1. The summed E-state index contributed by atoms with van der Waals surface area (Å²) in [6.07, 6.45) is 3.19. The molecule has 0 spiro atoms. The lowest BCUT2D eigenvalue weighted by atomic mass is 10.2. The van der Waals surface area contributed by atoms with Crippen LogP contribution in [-0.2, 0) is 18.4 Å². The standard InChI is InChI=1S/C14H26NO4P/c1-6-15(7-2)14(16)13(5)11-10-12-20(17,18-8-3)19-9-4/h10-12H,6-9H2,1-5H3/b12-10+,13-11-. The van der Waals surface area contributed by atoms with Crippen LogP contribution in [0.1, 0.15) is 34.6 Å². The van der Waals surface area contributed by atoms with Gasteiger partial charge in [-0.05, 0) is 34.6 Å². The van der Waals surface area contributed by atoms with E-state index in [1.807, 2.05) is 13.8 Å². The maximum absolute atomic E-state index is 12.2. The fourth-order valence-corrected chi connectivity index (χ4v) is 2.87. The van der Waals surface area contributed by atoms with Gasteiger partial charge in [-0.3, -0.25) is 9.36 Å². The van der Waals surface area contributed by atoms with Gasteiger partial charge in [0.2, 0.25) is 5.91 Å². The molecule has 0 fully saturated rings. The highest BCUT2D eigenvalue weighted by atomic mass is 31.2. The lowest BCUT2D eigenvalue weighted by molar-refractivity contribution is -0.126. The Labute approximate surface area is 122 Å². The lowest BCUT2D eigenvalue weighted by Crippen LogP contribution is -2.30. The van der Waals surface area contributed by atoms with Crippen LogP contribution in [0.4, 0.5) is 0 Å². The van der Waals surface area contributed by atoms with Crippen LogP contribution >= 0.6 is 7.60 Å². The second kappa shape index (κ2) is 9.92. The van der Waals surface area contributed by atoms with E-state index in [0.717, 1.165) is 0 Å². The maximum atomic E-state index is 12.2. The van der Waals surface area contributed by atoms with Crippen LogP contribution < -0.4 is 0 Å². The van der Waals surface area contributed by atoms with Crippen LogP contribution in [0.3, 0.4) is 0 Å². The molecule has 0 unspecified atom stereocenters. The Morgan fingerprint density at radius 2 is 1.60 bits per heavy atom. The first-order valence-electron chi connectivity index (χ1n) is 6.98. The summed E-state index contributed by atoms with van der Waals surface area (Å²) in [4.78, 5) is 13.7. The van der Waals surface area contributed by atoms with Crippen LogP contribution in [0, 0.1) is 0 Å². The average Bonchev–Trinajstić information content (AvgIpc) is 2.40. The van der Waals surface area contributed by atoms with Crippen LogP contribution in [-0.4, -0.2) is 37.1 Å². The summed E-state index contributed by atoms with van der Waals surface area (Å²) in [5.74, 6) is 1.36. The number of allylic oxidation sites excluding steroid dienone is 2. The van der Waals surface area contributed by atoms with Crippen molar-refractivity contribution in [2.24, 2.45) is 0 Å². The molecule has 0 aromatic heterocycles. The zero-order valence-electron chi connectivity index (χ0n) is 13.1. The smallest absolute Gasteiger partial charge is 0.339 e. The molecule has 116 valence electrons. The molecule has 0 aliphatic rings. The number of amides is 1. The van der Waals surface area contributed by atoms with E-state index >= 15 is 0 Å². The molecule has 0 aliphatic heterocycles. The largest absolute Gasteiger partial charge is 0.354 e. The van der Waals surface area contributed by atoms with Crippen molar-refractivity contribution in [1.82, 2.24) is 4.90 Å². The summed E-state index contributed by atoms with van der Waals surface area (Å²) < 4.78 is 22.4. The quantitative estimate of drug-likeness (QED) is 0.371. The van der Waals surface area contributed by atoms with Gasteiger partial charge in [0.15, 0.2) is 0 Å². The number of likely N-dealkylation sites (N-methyl/N-ethyl adjacent to an activating group) is 1. The molecular formula is C14H26NO4P. The number of hydrogen-bond donors (Lipinski definition) is 0. The van der Waals surface area contributed by atoms with Gasteiger partial charge in [0.05, 0.1) is 13.2 Å². The summed E-state index contributed by atoms with van der Waals surface area (Å²) in [5.41, 5.74) is 0.587. The zero-order chi connectivity index (χ0) is 15.6. The Balaban J connectivity index is 4.85. The molecule has 0 rings (SSSR count). The zero-order valence-corrected chi connectivity index (χ0v) is 14.0. The van der Waals surface area contributed by atoms with Gasteiger partial charge in [-0.1, -0.05) is 12.2 Å².